The monoisotopic (exact) mass is 420 g/mol. The fourth-order valence-electron chi connectivity index (χ4n) is 8.22. The molecule has 1 aromatic rings. The number of ether oxygens (including phenoxy) is 1. The predicted octanol–water partition coefficient (Wildman–Crippen LogP) is 7.09. The number of aliphatic hydroxyl groups excluding tert-OH is 1. The van der Waals surface area contributed by atoms with Gasteiger partial charge in [0.2, 0.25) is 0 Å². The van der Waals surface area contributed by atoms with Gasteiger partial charge in [-0.1, -0.05) is 57.5 Å². The lowest BCUT2D eigenvalue weighted by atomic mass is 9.46. The first-order valence-electron chi connectivity index (χ1n) is 12.5. The lowest BCUT2D eigenvalue weighted by Gasteiger charge is -2.59. The summed E-state index contributed by atoms with van der Waals surface area (Å²) in [5.41, 5.74) is 5.56. The van der Waals surface area contributed by atoms with E-state index in [0.29, 0.717) is 11.8 Å². The molecular formula is C29H40O2. The standard InChI is InChI=1S/C29H40O2/c1-19(31-20-9-7-6-8-10-20)22-12-13-23-21-11-14-25-27(2,3)26(30)16-18-29(25,5)24(21)15-17-28(22,23)4/h6-10,13,19,22,25-26,30H,11-12,14-18H2,1-5H3/t19-,22?,25?,26?,28?,29?/m1/s1. The molecular weight excluding hydrogens is 380 g/mol. The molecule has 31 heavy (non-hydrogen) atoms. The van der Waals surface area contributed by atoms with E-state index in [-0.39, 0.29) is 28.5 Å². The van der Waals surface area contributed by atoms with Crippen LogP contribution in [0.4, 0.5) is 0 Å². The second kappa shape index (κ2) is 7.24. The van der Waals surface area contributed by atoms with E-state index in [1.165, 1.54) is 25.7 Å². The van der Waals surface area contributed by atoms with Gasteiger partial charge in [-0.3, -0.25) is 0 Å². The first-order chi connectivity index (χ1) is 14.7. The van der Waals surface area contributed by atoms with Gasteiger partial charge in [-0.25, -0.2) is 0 Å². The van der Waals surface area contributed by atoms with Gasteiger partial charge in [0, 0.05) is 5.92 Å². The van der Waals surface area contributed by atoms with Gasteiger partial charge in [0.15, 0.2) is 0 Å². The molecule has 0 spiro atoms. The molecule has 5 rings (SSSR count). The van der Waals surface area contributed by atoms with Crippen LogP contribution in [-0.4, -0.2) is 17.3 Å². The number of rotatable bonds is 3. The molecule has 168 valence electrons. The van der Waals surface area contributed by atoms with Crippen LogP contribution in [-0.2, 0) is 0 Å². The Morgan fingerprint density at radius 1 is 0.968 bits per heavy atom. The average molecular weight is 421 g/mol. The van der Waals surface area contributed by atoms with Gasteiger partial charge in [-0.05, 0) is 97.3 Å². The van der Waals surface area contributed by atoms with Gasteiger partial charge >= 0.3 is 0 Å². The van der Waals surface area contributed by atoms with E-state index < -0.39 is 0 Å². The van der Waals surface area contributed by atoms with Crippen LogP contribution in [0, 0.1) is 28.1 Å². The third-order valence-corrected chi connectivity index (χ3v) is 10.1. The number of para-hydroxylation sites is 1. The van der Waals surface area contributed by atoms with Crippen LogP contribution in [0.2, 0.25) is 0 Å². The summed E-state index contributed by atoms with van der Waals surface area (Å²) in [5.74, 6) is 2.11. The summed E-state index contributed by atoms with van der Waals surface area (Å²) in [4.78, 5) is 0. The Morgan fingerprint density at radius 3 is 2.45 bits per heavy atom. The molecule has 0 amide bonds. The summed E-state index contributed by atoms with van der Waals surface area (Å²) >= 11 is 0. The van der Waals surface area contributed by atoms with Crippen molar-refractivity contribution < 1.29 is 9.84 Å². The maximum Gasteiger partial charge on any atom is 0.119 e. The highest BCUT2D eigenvalue weighted by molar-refractivity contribution is 5.50. The Hall–Kier alpha value is -1.54. The van der Waals surface area contributed by atoms with Crippen molar-refractivity contribution in [3.8, 4) is 5.75 Å². The molecule has 1 N–H and O–H groups in total. The van der Waals surface area contributed by atoms with Crippen LogP contribution in [0.25, 0.3) is 0 Å². The molecule has 1 fully saturated rings. The van der Waals surface area contributed by atoms with Gasteiger partial charge in [-0.2, -0.15) is 0 Å². The molecule has 1 saturated carbocycles. The van der Waals surface area contributed by atoms with E-state index in [2.05, 4.69) is 65.0 Å². The maximum atomic E-state index is 10.8. The zero-order valence-electron chi connectivity index (χ0n) is 20.1. The molecule has 0 aromatic heterocycles. The number of allylic oxidation sites excluding steroid dienone is 4. The van der Waals surface area contributed by atoms with E-state index in [1.807, 2.05) is 6.07 Å². The number of benzene rings is 1. The van der Waals surface area contributed by atoms with Crippen molar-refractivity contribution in [3.63, 3.8) is 0 Å². The van der Waals surface area contributed by atoms with Gasteiger partial charge in [0.05, 0.1) is 12.2 Å². The summed E-state index contributed by atoms with van der Waals surface area (Å²) < 4.78 is 6.42. The van der Waals surface area contributed by atoms with Crippen LogP contribution in [0.1, 0.15) is 79.6 Å². The molecule has 0 bridgehead atoms. The van der Waals surface area contributed by atoms with Crippen LogP contribution in [0.15, 0.2) is 53.1 Å². The van der Waals surface area contributed by atoms with Crippen LogP contribution in [0.5, 0.6) is 5.75 Å². The Bertz CT molecular complexity index is 910. The van der Waals surface area contributed by atoms with Crippen molar-refractivity contribution >= 4 is 0 Å². The van der Waals surface area contributed by atoms with Gasteiger partial charge in [0.25, 0.3) is 0 Å². The highest BCUT2D eigenvalue weighted by Gasteiger charge is 2.57. The number of aliphatic hydroxyl groups is 1. The Kier molecular flexibility index (Phi) is 4.97. The van der Waals surface area contributed by atoms with E-state index in [9.17, 15) is 5.11 Å². The zero-order valence-corrected chi connectivity index (χ0v) is 20.1. The van der Waals surface area contributed by atoms with Crippen LogP contribution in [0.3, 0.4) is 0 Å². The Labute approximate surface area is 188 Å². The predicted molar refractivity (Wildman–Crippen MR) is 127 cm³/mol. The second-order valence-corrected chi connectivity index (χ2v) is 11.9. The van der Waals surface area contributed by atoms with Crippen LogP contribution < -0.4 is 4.74 Å². The van der Waals surface area contributed by atoms with Crippen molar-refractivity contribution in [2.45, 2.75) is 91.8 Å². The molecule has 6 atom stereocenters. The van der Waals surface area contributed by atoms with Gasteiger partial charge in [0.1, 0.15) is 5.75 Å². The molecule has 2 nitrogen and oxygen atoms in total. The van der Waals surface area contributed by atoms with Crippen molar-refractivity contribution in [2.24, 2.45) is 28.1 Å². The van der Waals surface area contributed by atoms with Crippen molar-refractivity contribution in [1.82, 2.24) is 0 Å². The molecule has 0 heterocycles. The highest BCUT2D eigenvalue weighted by Crippen LogP contribution is 2.66. The quantitative estimate of drug-likeness (QED) is 0.565. The Balaban J connectivity index is 1.44. The normalized spacial score (nSPS) is 39.8. The van der Waals surface area contributed by atoms with Gasteiger partial charge in [-0.15, -0.1) is 0 Å². The van der Waals surface area contributed by atoms with Crippen molar-refractivity contribution in [2.75, 3.05) is 0 Å². The first kappa shape index (κ1) is 21.3. The minimum absolute atomic E-state index is 0.0108. The number of hydrogen-bond acceptors (Lipinski definition) is 2. The van der Waals surface area contributed by atoms with E-state index in [1.54, 1.807) is 16.7 Å². The molecule has 1 aromatic carbocycles. The van der Waals surface area contributed by atoms with Crippen molar-refractivity contribution in [3.05, 3.63) is 53.1 Å². The van der Waals surface area contributed by atoms with E-state index in [4.69, 9.17) is 4.74 Å². The molecule has 2 heteroatoms. The largest absolute Gasteiger partial charge is 0.490 e. The third kappa shape index (κ3) is 3.08. The summed E-state index contributed by atoms with van der Waals surface area (Å²) in [6.45, 7) is 11.9. The van der Waals surface area contributed by atoms with Gasteiger partial charge < -0.3 is 9.84 Å². The van der Waals surface area contributed by atoms with Crippen molar-refractivity contribution in [1.29, 1.82) is 0 Å². The minimum Gasteiger partial charge on any atom is -0.490 e. The minimum atomic E-state index is -0.160. The highest BCUT2D eigenvalue weighted by atomic mass is 16.5. The summed E-state index contributed by atoms with van der Waals surface area (Å²) in [6.07, 6.45) is 10.7. The number of fused-ring (bicyclic) bond motifs is 4. The lowest BCUT2D eigenvalue weighted by molar-refractivity contribution is -0.0906. The molecule has 4 aliphatic rings. The molecule has 4 aliphatic carbocycles. The van der Waals surface area contributed by atoms with E-state index >= 15 is 0 Å². The average Bonchev–Trinajstić information content (AvgIpc) is 3.09. The Morgan fingerprint density at radius 2 is 1.71 bits per heavy atom. The maximum absolute atomic E-state index is 10.8. The lowest BCUT2D eigenvalue weighted by Crippen LogP contribution is -2.53. The fraction of sp³-hybridized carbons (Fsp3) is 0.655. The topological polar surface area (TPSA) is 29.5 Å². The fourth-order valence-corrected chi connectivity index (χ4v) is 8.22. The SMILES string of the molecule is C[C@@H](Oc1ccccc1)C1CC=C2C3=C(CCC21C)C1(C)CCC(O)C(C)(C)C1CC3. The summed E-state index contributed by atoms with van der Waals surface area (Å²) in [7, 11) is 0. The first-order valence-corrected chi connectivity index (χ1v) is 12.5. The third-order valence-electron chi connectivity index (χ3n) is 10.1. The summed E-state index contributed by atoms with van der Waals surface area (Å²) in [6, 6.07) is 10.3. The molecule has 0 radical (unpaired) electrons. The molecule has 5 unspecified atom stereocenters. The molecule has 0 aliphatic heterocycles. The van der Waals surface area contributed by atoms with E-state index in [0.717, 1.165) is 25.0 Å². The number of hydrogen-bond donors (Lipinski definition) is 1. The smallest absolute Gasteiger partial charge is 0.119 e. The second-order valence-electron chi connectivity index (χ2n) is 11.9. The van der Waals surface area contributed by atoms with Crippen LogP contribution >= 0.6 is 0 Å². The molecule has 0 saturated heterocycles. The zero-order chi connectivity index (χ0) is 22.0. The summed E-state index contributed by atoms with van der Waals surface area (Å²) in [5, 5.41) is 10.8.